The topological polar surface area (TPSA) is 104 Å². The molecule has 0 bridgehead atoms. The molecule has 2 aromatic rings. The molecule has 5 heteroatoms. The summed E-state index contributed by atoms with van der Waals surface area (Å²) in [4.78, 5) is 1.89. The van der Waals surface area contributed by atoms with Gasteiger partial charge in [0.2, 0.25) is 0 Å². The molecule has 0 fully saturated rings. The second-order valence-electron chi connectivity index (χ2n) is 3.62. The van der Waals surface area contributed by atoms with Gasteiger partial charge in [0.05, 0.1) is 22.7 Å². The van der Waals surface area contributed by atoms with Crippen LogP contribution in [0.4, 0.5) is 22.7 Å². The summed E-state index contributed by atoms with van der Waals surface area (Å²) >= 11 is 1.51. The van der Waals surface area contributed by atoms with Gasteiger partial charge < -0.3 is 22.9 Å². The molecule has 4 nitrogen and oxygen atoms in total. The van der Waals surface area contributed by atoms with E-state index in [-0.39, 0.29) is 0 Å². The lowest BCUT2D eigenvalue weighted by atomic mass is 10.2. The largest absolute Gasteiger partial charge is 0.397 e. The Labute approximate surface area is 104 Å². The first kappa shape index (κ1) is 11.5. The first-order valence-corrected chi connectivity index (χ1v) is 5.87. The Balaban J connectivity index is 2.41. The lowest BCUT2D eigenvalue weighted by molar-refractivity contribution is 1.41. The molecule has 0 spiro atoms. The van der Waals surface area contributed by atoms with Crippen molar-refractivity contribution in [2.24, 2.45) is 0 Å². The normalized spacial score (nSPS) is 10.4. The van der Waals surface area contributed by atoms with Crippen molar-refractivity contribution in [3.05, 3.63) is 36.4 Å². The number of rotatable bonds is 2. The molecular formula is C12H14N4S. The van der Waals surface area contributed by atoms with Crippen molar-refractivity contribution in [2.75, 3.05) is 22.9 Å². The molecule has 0 unspecified atom stereocenters. The van der Waals surface area contributed by atoms with Gasteiger partial charge in [-0.15, -0.1) is 0 Å². The van der Waals surface area contributed by atoms with E-state index in [1.165, 1.54) is 11.8 Å². The van der Waals surface area contributed by atoms with E-state index >= 15 is 0 Å². The van der Waals surface area contributed by atoms with Crippen molar-refractivity contribution in [1.29, 1.82) is 0 Å². The molecule has 0 aliphatic heterocycles. The predicted molar refractivity (Wildman–Crippen MR) is 74.7 cm³/mol. The molecule has 17 heavy (non-hydrogen) atoms. The summed E-state index contributed by atoms with van der Waals surface area (Å²) in [5, 5.41) is 0. The quantitative estimate of drug-likeness (QED) is 0.608. The third-order valence-corrected chi connectivity index (χ3v) is 3.48. The monoisotopic (exact) mass is 246 g/mol. The van der Waals surface area contributed by atoms with Crippen molar-refractivity contribution in [1.82, 2.24) is 0 Å². The van der Waals surface area contributed by atoms with Gasteiger partial charge in [0.1, 0.15) is 0 Å². The molecule has 0 aromatic heterocycles. The molecule has 0 radical (unpaired) electrons. The molecule has 0 aliphatic rings. The van der Waals surface area contributed by atoms with E-state index in [1.54, 1.807) is 6.07 Å². The molecule has 0 saturated heterocycles. The zero-order chi connectivity index (χ0) is 12.4. The number of hydrogen-bond donors (Lipinski definition) is 4. The molecule has 0 atom stereocenters. The smallest absolute Gasteiger partial charge is 0.0814 e. The van der Waals surface area contributed by atoms with E-state index in [2.05, 4.69) is 0 Å². The maximum absolute atomic E-state index is 5.92. The summed E-state index contributed by atoms with van der Waals surface area (Å²) in [7, 11) is 0. The van der Waals surface area contributed by atoms with E-state index in [0.717, 1.165) is 9.79 Å². The van der Waals surface area contributed by atoms with E-state index in [1.807, 2.05) is 30.3 Å². The van der Waals surface area contributed by atoms with Crippen molar-refractivity contribution < 1.29 is 0 Å². The van der Waals surface area contributed by atoms with Crippen LogP contribution in [0.5, 0.6) is 0 Å². The molecule has 0 saturated carbocycles. The van der Waals surface area contributed by atoms with Crippen LogP contribution in [0.15, 0.2) is 46.2 Å². The van der Waals surface area contributed by atoms with E-state index in [9.17, 15) is 0 Å². The fraction of sp³-hybridized carbons (Fsp3) is 0. The highest BCUT2D eigenvalue weighted by Crippen LogP contribution is 2.40. The maximum atomic E-state index is 5.92. The van der Waals surface area contributed by atoms with Crippen LogP contribution >= 0.6 is 11.8 Å². The Morgan fingerprint density at radius 2 is 1.41 bits per heavy atom. The molecule has 0 amide bonds. The zero-order valence-corrected chi connectivity index (χ0v) is 10.00. The van der Waals surface area contributed by atoms with Crippen LogP contribution in [0, 0.1) is 0 Å². The molecule has 0 heterocycles. The summed E-state index contributed by atoms with van der Waals surface area (Å²) in [6.45, 7) is 0. The van der Waals surface area contributed by atoms with Gasteiger partial charge in [-0.1, -0.05) is 30.0 Å². The highest BCUT2D eigenvalue weighted by Gasteiger charge is 2.10. The summed E-state index contributed by atoms with van der Waals surface area (Å²) in [5.74, 6) is 0. The average molecular weight is 246 g/mol. The lowest BCUT2D eigenvalue weighted by Crippen LogP contribution is -2.05. The lowest BCUT2D eigenvalue weighted by Gasteiger charge is -2.12. The Morgan fingerprint density at radius 1 is 0.765 bits per heavy atom. The highest BCUT2D eigenvalue weighted by atomic mass is 32.2. The van der Waals surface area contributed by atoms with Crippen LogP contribution in [-0.4, -0.2) is 0 Å². The number of nitrogen functional groups attached to an aromatic ring is 4. The van der Waals surface area contributed by atoms with Crippen LogP contribution in [0.25, 0.3) is 0 Å². The minimum absolute atomic E-state index is 0.347. The van der Waals surface area contributed by atoms with Crippen LogP contribution < -0.4 is 22.9 Å². The van der Waals surface area contributed by atoms with Gasteiger partial charge in [0, 0.05) is 9.79 Å². The van der Waals surface area contributed by atoms with Crippen molar-refractivity contribution in [2.45, 2.75) is 9.79 Å². The molecule has 8 N–H and O–H groups in total. The van der Waals surface area contributed by atoms with Crippen LogP contribution in [0.1, 0.15) is 0 Å². The van der Waals surface area contributed by atoms with Crippen LogP contribution in [0.2, 0.25) is 0 Å². The highest BCUT2D eigenvalue weighted by molar-refractivity contribution is 7.99. The van der Waals surface area contributed by atoms with Gasteiger partial charge in [-0.25, -0.2) is 0 Å². The Morgan fingerprint density at radius 3 is 2.06 bits per heavy atom. The summed E-state index contributed by atoms with van der Waals surface area (Å²) < 4.78 is 0. The number of nitrogens with two attached hydrogens (primary N) is 4. The molecule has 88 valence electrons. The minimum atomic E-state index is 0.347. The van der Waals surface area contributed by atoms with Gasteiger partial charge >= 0.3 is 0 Å². The Hall–Kier alpha value is -2.01. The fourth-order valence-electron chi connectivity index (χ4n) is 1.43. The number of anilines is 4. The second kappa shape index (κ2) is 4.47. The average Bonchev–Trinajstić information content (AvgIpc) is 2.35. The van der Waals surface area contributed by atoms with Gasteiger partial charge in [-0.2, -0.15) is 0 Å². The summed E-state index contributed by atoms with van der Waals surface area (Å²) in [6.07, 6.45) is 0. The van der Waals surface area contributed by atoms with E-state index < -0.39 is 0 Å². The number of hydrogen-bond acceptors (Lipinski definition) is 5. The first-order chi connectivity index (χ1) is 8.09. The van der Waals surface area contributed by atoms with Crippen molar-refractivity contribution >= 4 is 34.5 Å². The molecule has 2 rings (SSSR count). The third-order valence-electron chi connectivity index (χ3n) is 2.41. The van der Waals surface area contributed by atoms with Crippen LogP contribution in [0.3, 0.4) is 0 Å². The second-order valence-corrected chi connectivity index (χ2v) is 4.74. The van der Waals surface area contributed by atoms with Crippen molar-refractivity contribution in [3.8, 4) is 0 Å². The van der Waals surface area contributed by atoms with Crippen LogP contribution in [-0.2, 0) is 0 Å². The predicted octanol–water partition coefficient (Wildman–Crippen LogP) is 2.17. The van der Waals surface area contributed by atoms with E-state index in [0.29, 0.717) is 22.7 Å². The standard InChI is InChI=1S/C12H14N4S/c13-8-6-9(11(15)12(16)10(8)14)17-7-4-2-1-3-5-7/h1-6H,13-16H2. The summed E-state index contributed by atoms with van der Waals surface area (Å²) in [5.41, 5.74) is 24.8. The summed E-state index contributed by atoms with van der Waals surface area (Å²) in [6, 6.07) is 11.6. The maximum Gasteiger partial charge on any atom is 0.0814 e. The van der Waals surface area contributed by atoms with Gasteiger partial charge in [-0.05, 0) is 18.2 Å². The zero-order valence-electron chi connectivity index (χ0n) is 9.18. The van der Waals surface area contributed by atoms with Gasteiger partial charge in [0.15, 0.2) is 0 Å². The Kier molecular flexibility index (Phi) is 3.01. The first-order valence-electron chi connectivity index (χ1n) is 5.05. The fourth-order valence-corrected chi connectivity index (χ4v) is 2.38. The van der Waals surface area contributed by atoms with Crippen molar-refractivity contribution in [3.63, 3.8) is 0 Å². The van der Waals surface area contributed by atoms with Gasteiger partial charge in [-0.3, -0.25) is 0 Å². The third kappa shape index (κ3) is 2.24. The number of benzene rings is 2. The van der Waals surface area contributed by atoms with Gasteiger partial charge in [0.25, 0.3) is 0 Å². The minimum Gasteiger partial charge on any atom is -0.397 e. The van der Waals surface area contributed by atoms with E-state index in [4.69, 9.17) is 22.9 Å². The molecular weight excluding hydrogens is 232 g/mol. The Bertz CT molecular complexity index is 540. The SMILES string of the molecule is Nc1cc(Sc2ccccc2)c(N)c(N)c1N. The molecule has 2 aromatic carbocycles. The molecule has 0 aliphatic carbocycles.